The molecule has 1 heterocycles. The maximum Gasteiger partial charge on any atom is 0.288 e. The van der Waals surface area contributed by atoms with Gasteiger partial charge in [0, 0.05) is 36.8 Å². The summed E-state index contributed by atoms with van der Waals surface area (Å²) in [6, 6.07) is 9.48. The van der Waals surface area contributed by atoms with Crippen LogP contribution in [0, 0.1) is 10.1 Å². The molecule has 3 rings (SSSR count). The minimum absolute atomic E-state index is 0.0222. The molecule has 0 aromatic heterocycles. The first-order valence-electron chi connectivity index (χ1n) is 8.54. The molecule has 27 heavy (non-hydrogen) atoms. The normalized spacial score (nSPS) is 13.0. The van der Waals surface area contributed by atoms with Crippen LogP contribution in [-0.2, 0) is 17.8 Å². The lowest BCUT2D eigenvalue weighted by molar-refractivity contribution is -0.384. The lowest BCUT2D eigenvalue weighted by atomic mass is 9.98. The Morgan fingerprint density at radius 1 is 1.22 bits per heavy atom. The highest BCUT2D eigenvalue weighted by molar-refractivity contribution is 6.32. The van der Waals surface area contributed by atoms with E-state index in [9.17, 15) is 19.7 Å². The van der Waals surface area contributed by atoms with Crippen LogP contribution in [0.25, 0.3) is 0 Å². The number of anilines is 1. The number of carbonyl (C=O) groups excluding carboxylic acids is 2. The first kappa shape index (κ1) is 18.8. The summed E-state index contributed by atoms with van der Waals surface area (Å²) in [4.78, 5) is 36.5. The number of rotatable bonds is 4. The van der Waals surface area contributed by atoms with Crippen molar-refractivity contribution >= 4 is 34.8 Å². The van der Waals surface area contributed by atoms with E-state index in [1.807, 2.05) is 19.1 Å². The Bertz CT molecular complexity index is 929. The lowest BCUT2D eigenvalue weighted by Gasteiger charge is -2.29. The number of nitrogens with one attached hydrogen (secondary N) is 1. The summed E-state index contributed by atoms with van der Waals surface area (Å²) in [5, 5.41) is 13.7. The third-order valence-corrected chi connectivity index (χ3v) is 4.86. The topological polar surface area (TPSA) is 92.6 Å². The number of nitro benzene ring substituents is 1. The Labute approximate surface area is 161 Å². The molecule has 0 atom stereocenters. The van der Waals surface area contributed by atoms with Gasteiger partial charge in [0.1, 0.15) is 5.02 Å². The molecule has 0 fully saturated rings. The van der Waals surface area contributed by atoms with Crippen LogP contribution >= 0.6 is 11.6 Å². The summed E-state index contributed by atoms with van der Waals surface area (Å²) in [7, 11) is 0. The lowest BCUT2D eigenvalue weighted by Crippen LogP contribution is -2.35. The molecule has 0 spiro atoms. The molecule has 2 amide bonds. The van der Waals surface area contributed by atoms with Crippen LogP contribution in [0.15, 0.2) is 36.4 Å². The van der Waals surface area contributed by atoms with Crippen molar-refractivity contribution in [3.05, 3.63) is 68.2 Å². The van der Waals surface area contributed by atoms with Crippen LogP contribution in [0.3, 0.4) is 0 Å². The van der Waals surface area contributed by atoms with Gasteiger partial charge in [-0.15, -0.1) is 0 Å². The molecule has 7 nitrogen and oxygen atoms in total. The predicted molar refractivity (Wildman–Crippen MR) is 102 cm³/mol. The minimum atomic E-state index is -0.628. The second kappa shape index (κ2) is 7.75. The van der Waals surface area contributed by atoms with E-state index in [4.69, 9.17) is 11.6 Å². The zero-order valence-electron chi connectivity index (χ0n) is 14.7. The monoisotopic (exact) mass is 387 g/mol. The zero-order chi connectivity index (χ0) is 19.6. The van der Waals surface area contributed by atoms with Crippen molar-refractivity contribution in [2.75, 3.05) is 11.9 Å². The average molecular weight is 388 g/mol. The second-order valence-electron chi connectivity index (χ2n) is 6.28. The van der Waals surface area contributed by atoms with Crippen LogP contribution in [0.4, 0.5) is 11.4 Å². The Hall–Kier alpha value is -2.93. The third kappa shape index (κ3) is 4.09. The molecule has 0 bridgehead atoms. The summed E-state index contributed by atoms with van der Waals surface area (Å²) in [5.41, 5.74) is 2.54. The van der Waals surface area contributed by atoms with Gasteiger partial charge in [-0.3, -0.25) is 19.7 Å². The molecule has 1 N–H and O–H groups in total. The average Bonchev–Trinajstić information content (AvgIpc) is 2.66. The maximum atomic E-state index is 12.4. The van der Waals surface area contributed by atoms with Crippen LogP contribution in [0.2, 0.25) is 5.02 Å². The Kier molecular flexibility index (Phi) is 5.41. The Morgan fingerprint density at radius 3 is 2.70 bits per heavy atom. The van der Waals surface area contributed by atoms with E-state index < -0.39 is 10.8 Å². The molecule has 0 saturated heterocycles. The number of nitrogens with zero attached hydrogens (tertiary/aromatic N) is 2. The number of nitro groups is 1. The fourth-order valence-electron chi connectivity index (χ4n) is 3.07. The van der Waals surface area contributed by atoms with Crippen LogP contribution in [0.5, 0.6) is 0 Å². The fourth-order valence-corrected chi connectivity index (χ4v) is 3.25. The van der Waals surface area contributed by atoms with Crippen molar-refractivity contribution in [2.24, 2.45) is 0 Å². The molecule has 8 heteroatoms. The highest BCUT2D eigenvalue weighted by atomic mass is 35.5. The van der Waals surface area contributed by atoms with E-state index in [-0.39, 0.29) is 22.2 Å². The first-order chi connectivity index (χ1) is 12.9. The number of carbonyl (C=O) groups is 2. The summed E-state index contributed by atoms with van der Waals surface area (Å²) >= 11 is 5.78. The van der Waals surface area contributed by atoms with Gasteiger partial charge in [0.05, 0.1) is 4.92 Å². The van der Waals surface area contributed by atoms with Gasteiger partial charge in [-0.05, 0) is 41.8 Å². The molecular formula is C19H18ClN3O4. The van der Waals surface area contributed by atoms with Gasteiger partial charge >= 0.3 is 0 Å². The van der Waals surface area contributed by atoms with Gasteiger partial charge in [0.2, 0.25) is 5.91 Å². The largest absolute Gasteiger partial charge is 0.338 e. The molecular weight excluding hydrogens is 370 g/mol. The molecule has 2 aromatic rings. The summed E-state index contributed by atoms with van der Waals surface area (Å²) in [6.07, 6.45) is 1.24. The number of halogens is 1. The first-order valence-corrected chi connectivity index (χ1v) is 8.91. The van der Waals surface area contributed by atoms with Crippen LogP contribution in [-0.4, -0.2) is 28.2 Å². The van der Waals surface area contributed by atoms with Gasteiger partial charge in [-0.1, -0.05) is 24.6 Å². The van der Waals surface area contributed by atoms with Gasteiger partial charge in [-0.2, -0.15) is 0 Å². The second-order valence-corrected chi connectivity index (χ2v) is 6.69. The molecule has 0 aliphatic carbocycles. The Balaban J connectivity index is 1.79. The van der Waals surface area contributed by atoms with E-state index in [1.165, 1.54) is 12.1 Å². The van der Waals surface area contributed by atoms with Gasteiger partial charge in [-0.25, -0.2) is 0 Å². The number of hydrogen-bond donors (Lipinski definition) is 1. The van der Waals surface area contributed by atoms with E-state index >= 15 is 0 Å². The summed E-state index contributed by atoms with van der Waals surface area (Å²) in [6.45, 7) is 3.04. The molecule has 0 radical (unpaired) electrons. The summed E-state index contributed by atoms with van der Waals surface area (Å²) in [5.74, 6) is -0.365. The standard InChI is InChI=1S/C19H18ClN3O4/c1-2-18(24)22-8-7-12-3-5-15(9-14(12)11-22)21-19(25)13-4-6-16(20)17(10-13)23(26)27/h3-6,9-10H,2,7-8,11H2,1H3,(H,21,25). The molecule has 0 unspecified atom stereocenters. The molecule has 1 aliphatic heterocycles. The molecule has 0 saturated carbocycles. The van der Waals surface area contributed by atoms with Crippen molar-refractivity contribution in [3.63, 3.8) is 0 Å². The molecule has 140 valence electrons. The van der Waals surface area contributed by atoms with Gasteiger partial charge < -0.3 is 10.2 Å². The van der Waals surface area contributed by atoms with Gasteiger partial charge in [0.25, 0.3) is 11.6 Å². The smallest absolute Gasteiger partial charge is 0.288 e. The van der Waals surface area contributed by atoms with Crippen molar-refractivity contribution in [1.82, 2.24) is 4.90 Å². The van der Waals surface area contributed by atoms with E-state index in [1.54, 1.807) is 11.0 Å². The van der Waals surface area contributed by atoms with Crippen molar-refractivity contribution < 1.29 is 14.5 Å². The van der Waals surface area contributed by atoms with Crippen molar-refractivity contribution in [1.29, 1.82) is 0 Å². The van der Waals surface area contributed by atoms with E-state index in [0.29, 0.717) is 25.2 Å². The highest BCUT2D eigenvalue weighted by Gasteiger charge is 2.21. The van der Waals surface area contributed by atoms with E-state index in [2.05, 4.69) is 5.32 Å². The highest BCUT2D eigenvalue weighted by Crippen LogP contribution is 2.26. The van der Waals surface area contributed by atoms with Crippen LogP contribution < -0.4 is 5.32 Å². The van der Waals surface area contributed by atoms with Crippen molar-refractivity contribution in [3.8, 4) is 0 Å². The maximum absolute atomic E-state index is 12.4. The molecule has 1 aliphatic rings. The zero-order valence-corrected chi connectivity index (χ0v) is 15.5. The van der Waals surface area contributed by atoms with Gasteiger partial charge in [0.15, 0.2) is 0 Å². The quantitative estimate of drug-likeness (QED) is 0.638. The third-order valence-electron chi connectivity index (χ3n) is 4.54. The number of amides is 2. The summed E-state index contributed by atoms with van der Waals surface area (Å²) < 4.78 is 0. The van der Waals surface area contributed by atoms with Crippen molar-refractivity contribution in [2.45, 2.75) is 26.3 Å². The number of fused-ring (bicyclic) bond motifs is 1. The SMILES string of the molecule is CCC(=O)N1CCc2ccc(NC(=O)c3ccc(Cl)c([N+](=O)[O-])c3)cc2C1. The predicted octanol–water partition coefficient (Wildman–Crippen LogP) is 3.80. The Morgan fingerprint density at radius 2 is 2.00 bits per heavy atom. The fraction of sp³-hybridized carbons (Fsp3) is 0.263. The minimum Gasteiger partial charge on any atom is -0.338 e. The van der Waals surface area contributed by atoms with Crippen LogP contribution in [0.1, 0.15) is 34.8 Å². The number of benzene rings is 2. The van der Waals surface area contributed by atoms with E-state index in [0.717, 1.165) is 23.6 Å². The number of hydrogen-bond acceptors (Lipinski definition) is 4. The molecule has 2 aromatic carbocycles.